The van der Waals surface area contributed by atoms with Crippen molar-refractivity contribution < 1.29 is 9.53 Å². The van der Waals surface area contributed by atoms with Crippen LogP contribution in [0.1, 0.15) is 44.3 Å². The molecule has 5 heteroatoms. The molecule has 2 aromatic rings. The number of fused-ring (bicyclic) bond motifs is 1. The number of imidazole rings is 1. The molecule has 0 saturated carbocycles. The number of hydrogen-bond donors (Lipinski definition) is 1. The predicted octanol–water partition coefficient (Wildman–Crippen LogP) is 3.78. The summed E-state index contributed by atoms with van der Waals surface area (Å²) in [6.45, 7) is 1.89. The van der Waals surface area contributed by atoms with E-state index in [0.29, 0.717) is 6.42 Å². The molecule has 2 aliphatic heterocycles. The Kier molecular flexibility index (Phi) is 4.83. The second-order valence-corrected chi connectivity index (χ2v) is 7.00. The average molecular weight is 339 g/mol. The third-order valence-electron chi connectivity index (χ3n) is 5.07. The molecule has 0 bridgehead atoms. The maximum absolute atomic E-state index is 12.2. The smallest absolute Gasteiger partial charge is 0.224 e. The van der Waals surface area contributed by atoms with Gasteiger partial charge in [-0.25, -0.2) is 4.98 Å². The van der Waals surface area contributed by atoms with Crippen molar-refractivity contribution in [3.8, 4) is 11.3 Å². The van der Waals surface area contributed by atoms with Crippen molar-refractivity contribution in [2.24, 2.45) is 0 Å². The highest BCUT2D eigenvalue weighted by atomic mass is 16.5. The SMILES string of the molecule is O=C(CCC1CCCO1)Nc1cccc(-c2cn3c(n2)CCCC3)c1. The van der Waals surface area contributed by atoms with E-state index in [1.54, 1.807) is 0 Å². The lowest BCUT2D eigenvalue weighted by atomic mass is 10.1. The molecule has 2 aliphatic rings. The summed E-state index contributed by atoms with van der Waals surface area (Å²) in [4.78, 5) is 17.0. The maximum atomic E-state index is 12.2. The molecular formula is C20H25N3O2. The number of ether oxygens (including phenoxy) is 1. The van der Waals surface area contributed by atoms with E-state index in [9.17, 15) is 4.79 Å². The van der Waals surface area contributed by atoms with Gasteiger partial charge >= 0.3 is 0 Å². The number of nitrogens with zero attached hydrogens (tertiary/aromatic N) is 2. The first-order valence-corrected chi connectivity index (χ1v) is 9.36. The number of carbonyl (C=O) groups is 1. The highest BCUT2D eigenvalue weighted by Gasteiger charge is 2.17. The summed E-state index contributed by atoms with van der Waals surface area (Å²) in [6.07, 6.45) is 9.39. The van der Waals surface area contributed by atoms with E-state index >= 15 is 0 Å². The Labute approximate surface area is 148 Å². The number of aromatic nitrogens is 2. The number of anilines is 1. The molecule has 5 nitrogen and oxygen atoms in total. The third kappa shape index (κ3) is 3.93. The minimum absolute atomic E-state index is 0.0526. The molecule has 132 valence electrons. The maximum Gasteiger partial charge on any atom is 0.224 e. The summed E-state index contributed by atoms with van der Waals surface area (Å²) >= 11 is 0. The number of carbonyl (C=O) groups excluding carboxylic acids is 1. The summed E-state index contributed by atoms with van der Waals surface area (Å²) in [7, 11) is 0. The first-order chi connectivity index (χ1) is 12.3. The standard InChI is InChI=1S/C20H25N3O2/c24-20(10-9-17-7-4-12-25-17)21-16-6-3-5-15(13-16)18-14-23-11-2-1-8-19(23)22-18/h3,5-6,13-14,17H,1-2,4,7-12H2,(H,21,24). The molecule has 1 amide bonds. The third-order valence-corrected chi connectivity index (χ3v) is 5.07. The largest absolute Gasteiger partial charge is 0.378 e. The molecule has 1 aromatic carbocycles. The lowest BCUT2D eigenvalue weighted by Crippen LogP contribution is -2.15. The fraction of sp³-hybridized carbons (Fsp3) is 0.500. The van der Waals surface area contributed by atoms with Crippen LogP contribution in [0.3, 0.4) is 0 Å². The van der Waals surface area contributed by atoms with Gasteiger partial charge in [0.1, 0.15) is 5.82 Å². The van der Waals surface area contributed by atoms with Crippen molar-refractivity contribution >= 4 is 11.6 Å². The van der Waals surface area contributed by atoms with Crippen LogP contribution in [0.15, 0.2) is 30.5 Å². The first-order valence-electron chi connectivity index (χ1n) is 9.36. The number of benzene rings is 1. The molecule has 1 atom stereocenters. The van der Waals surface area contributed by atoms with E-state index in [2.05, 4.69) is 22.1 Å². The van der Waals surface area contributed by atoms with Gasteiger partial charge in [0, 0.05) is 43.4 Å². The quantitative estimate of drug-likeness (QED) is 0.902. The van der Waals surface area contributed by atoms with Crippen LogP contribution in [0.5, 0.6) is 0 Å². The van der Waals surface area contributed by atoms with Gasteiger partial charge in [-0.1, -0.05) is 12.1 Å². The lowest BCUT2D eigenvalue weighted by Gasteiger charge is -2.11. The minimum atomic E-state index is 0.0526. The van der Waals surface area contributed by atoms with Crippen LogP contribution >= 0.6 is 0 Å². The van der Waals surface area contributed by atoms with E-state index in [-0.39, 0.29) is 12.0 Å². The van der Waals surface area contributed by atoms with Gasteiger partial charge in [-0.05, 0) is 44.2 Å². The Balaban J connectivity index is 1.40. The molecule has 1 fully saturated rings. The fourth-order valence-electron chi connectivity index (χ4n) is 3.70. The van der Waals surface area contributed by atoms with Gasteiger partial charge < -0.3 is 14.6 Å². The molecule has 0 radical (unpaired) electrons. The highest BCUT2D eigenvalue weighted by molar-refractivity contribution is 5.91. The van der Waals surface area contributed by atoms with Crippen LogP contribution in [-0.4, -0.2) is 28.2 Å². The molecule has 1 aromatic heterocycles. The van der Waals surface area contributed by atoms with Gasteiger partial charge in [0.25, 0.3) is 0 Å². The fourth-order valence-corrected chi connectivity index (χ4v) is 3.70. The van der Waals surface area contributed by atoms with Crippen molar-refractivity contribution in [3.63, 3.8) is 0 Å². The molecule has 1 unspecified atom stereocenters. The lowest BCUT2D eigenvalue weighted by molar-refractivity contribution is -0.116. The van der Waals surface area contributed by atoms with Gasteiger partial charge in [0.05, 0.1) is 11.8 Å². The van der Waals surface area contributed by atoms with Crippen LogP contribution in [0, 0.1) is 0 Å². The van der Waals surface area contributed by atoms with E-state index in [1.165, 1.54) is 18.7 Å². The van der Waals surface area contributed by atoms with Gasteiger partial charge in [-0.3, -0.25) is 4.79 Å². The monoisotopic (exact) mass is 339 g/mol. The molecule has 1 saturated heterocycles. The van der Waals surface area contributed by atoms with E-state index < -0.39 is 0 Å². The van der Waals surface area contributed by atoms with Crippen molar-refractivity contribution in [1.82, 2.24) is 9.55 Å². The Hall–Kier alpha value is -2.14. The summed E-state index contributed by atoms with van der Waals surface area (Å²) in [5, 5.41) is 3.01. The van der Waals surface area contributed by atoms with E-state index in [1.807, 2.05) is 18.2 Å². The van der Waals surface area contributed by atoms with E-state index in [0.717, 1.165) is 55.8 Å². The Morgan fingerprint density at radius 1 is 1.32 bits per heavy atom. The van der Waals surface area contributed by atoms with Crippen molar-refractivity contribution in [2.75, 3.05) is 11.9 Å². The van der Waals surface area contributed by atoms with E-state index in [4.69, 9.17) is 9.72 Å². The Morgan fingerprint density at radius 2 is 2.28 bits per heavy atom. The second-order valence-electron chi connectivity index (χ2n) is 7.00. The number of nitrogens with one attached hydrogen (secondary N) is 1. The van der Waals surface area contributed by atoms with Gasteiger partial charge in [0.2, 0.25) is 5.91 Å². The normalized spacial score (nSPS) is 19.6. The molecule has 0 spiro atoms. The molecule has 3 heterocycles. The van der Waals surface area contributed by atoms with Crippen LogP contribution in [-0.2, 0) is 22.5 Å². The van der Waals surface area contributed by atoms with Crippen molar-refractivity contribution in [1.29, 1.82) is 0 Å². The second kappa shape index (κ2) is 7.40. The first kappa shape index (κ1) is 16.3. The van der Waals surface area contributed by atoms with Crippen LogP contribution in [0.4, 0.5) is 5.69 Å². The van der Waals surface area contributed by atoms with Crippen LogP contribution in [0.25, 0.3) is 11.3 Å². The van der Waals surface area contributed by atoms with Gasteiger partial charge in [0.15, 0.2) is 0 Å². The topological polar surface area (TPSA) is 56.1 Å². The zero-order chi connectivity index (χ0) is 17.1. The van der Waals surface area contributed by atoms with Crippen molar-refractivity contribution in [2.45, 2.75) is 57.6 Å². The van der Waals surface area contributed by atoms with Crippen LogP contribution < -0.4 is 5.32 Å². The summed E-state index contributed by atoms with van der Waals surface area (Å²) in [5.74, 6) is 1.23. The molecule has 4 rings (SSSR count). The summed E-state index contributed by atoms with van der Waals surface area (Å²) in [6, 6.07) is 7.97. The van der Waals surface area contributed by atoms with Crippen LogP contribution in [0.2, 0.25) is 0 Å². The molecule has 25 heavy (non-hydrogen) atoms. The molecular weight excluding hydrogens is 314 g/mol. The molecule has 1 N–H and O–H groups in total. The molecule has 0 aliphatic carbocycles. The number of rotatable bonds is 5. The zero-order valence-electron chi connectivity index (χ0n) is 14.5. The number of hydrogen-bond acceptors (Lipinski definition) is 3. The number of aryl methyl sites for hydroxylation is 2. The summed E-state index contributed by atoms with van der Waals surface area (Å²) < 4.78 is 7.84. The average Bonchev–Trinajstić information content (AvgIpc) is 3.29. The summed E-state index contributed by atoms with van der Waals surface area (Å²) in [5.41, 5.74) is 2.88. The van der Waals surface area contributed by atoms with Crippen molar-refractivity contribution in [3.05, 3.63) is 36.3 Å². The Bertz CT molecular complexity index is 724. The Morgan fingerprint density at radius 3 is 3.12 bits per heavy atom. The number of amides is 1. The zero-order valence-corrected chi connectivity index (χ0v) is 14.5. The van der Waals surface area contributed by atoms with Gasteiger partial charge in [-0.2, -0.15) is 0 Å². The highest BCUT2D eigenvalue weighted by Crippen LogP contribution is 2.25. The minimum Gasteiger partial charge on any atom is -0.378 e. The predicted molar refractivity (Wildman–Crippen MR) is 97.4 cm³/mol. The van der Waals surface area contributed by atoms with Gasteiger partial charge in [-0.15, -0.1) is 0 Å².